The van der Waals surface area contributed by atoms with Gasteiger partial charge in [0.25, 0.3) is 5.69 Å². The lowest BCUT2D eigenvalue weighted by Gasteiger charge is -2.10. The van der Waals surface area contributed by atoms with E-state index in [-0.39, 0.29) is 6.04 Å². The zero-order valence-corrected chi connectivity index (χ0v) is 13.7. The van der Waals surface area contributed by atoms with E-state index in [2.05, 4.69) is 21.2 Å². The SMILES string of the molecule is CC(C)NC(=O)CNS(=O)(=O)c1cc(Br)ccc1[N+](=O)[O-]. The van der Waals surface area contributed by atoms with E-state index in [0.29, 0.717) is 4.47 Å². The molecule has 1 amide bonds. The van der Waals surface area contributed by atoms with Gasteiger partial charge in [-0.15, -0.1) is 0 Å². The summed E-state index contributed by atoms with van der Waals surface area (Å²) in [7, 11) is -4.17. The van der Waals surface area contributed by atoms with Crippen LogP contribution in [0.1, 0.15) is 13.8 Å². The minimum absolute atomic E-state index is 0.137. The number of halogens is 1. The molecule has 1 aromatic rings. The van der Waals surface area contributed by atoms with Crippen molar-refractivity contribution < 1.29 is 18.1 Å². The van der Waals surface area contributed by atoms with E-state index in [4.69, 9.17) is 0 Å². The highest BCUT2D eigenvalue weighted by atomic mass is 79.9. The lowest BCUT2D eigenvalue weighted by molar-refractivity contribution is -0.387. The number of sulfonamides is 1. The van der Waals surface area contributed by atoms with Crippen molar-refractivity contribution in [3.8, 4) is 0 Å². The van der Waals surface area contributed by atoms with Crippen LogP contribution >= 0.6 is 15.9 Å². The second-order valence-electron chi connectivity index (χ2n) is 4.42. The number of nitrogens with zero attached hydrogens (tertiary/aromatic N) is 1. The zero-order chi connectivity index (χ0) is 16.2. The molecule has 21 heavy (non-hydrogen) atoms. The Morgan fingerprint density at radius 3 is 2.57 bits per heavy atom. The summed E-state index contributed by atoms with van der Waals surface area (Å²) >= 11 is 3.06. The molecule has 0 spiro atoms. The molecule has 0 fully saturated rings. The van der Waals surface area contributed by atoms with Crippen LogP contribution in [0, 0.1) is 10.1 Å². The van der Waals surface area contributed by atoms with Crippen LogP contribution in [0.5, 0.6) is 0 Å². The summed E-state index contributed by atoms with van der Waals surface area (Å²) in [6, 6.07) is 3.42. The van der Waals surface area contributed by atoms with Gasteiger partial charge in [0.15, 0.2) is 4.90 Å². The Bertz CT molecular complexity index is 660. The third kappa shape index (κ3) is 5.06. The molecular weight excluding hydrogens is 366 g/mol. The van der Waals surface area contributed by atoms with E-state index >= 15 is 0 Å². The van der Waals surface area contributed by atoms with Gasteiger partial charge in [-0.2, -0.15) is 0 Å². The zero-order valence-electron chi connectivity index (χ0n) is 11.3. The maximum absolute atomic E-state index is 12.1. The number of nitro groups is 1. The molecule has 0 radical (unpaired) electrons. The molecule has 0 aromatic heterocycles. The second-order valence-corrected chi connectivity index (χ2v) is 7.07. The number of nitro benzene ring substituents is 1. The van der Waals surface area contributed by atoms with Crippen LogP contribution < -0.4 is 10.0 Å². The molecule has 0 aliphatic heterocycles. The highest BCUT2D eigenvalue weighted by Gasteiger charge is 2.26. The number of rotatable bonds is 6. The smallest absolute Gasteiger partial charge is 0.289 e. The summed E-state index contributed by atoms with van der Waals surface area (Å²) < 4.78 is 26.6. The summed E-state index contributed by atoms with van der Waals surface area (Å²) in [6.07, 6.45) is 0. The molecule has 0 atom stereocenters. The van der Waals surface area contributed by atoms with Crippen LogP contribution in [0.3, 0.4) is 0 Å². The number of carbonyl (C=O) groups excluding carboxylic acids is 1. The largest absolute Gasteiger partial charge is 0.353 e. The first-order chi connectivity index (χ1) is 9.63. The average Bonchev–Trinajstić information content (AvgIpc) is 2.35. The first-order valence-corrected chi connectivity index (χ1v) is 8.14. The lowest BCUT2D eigenvalue weighted by Crippen LogP contribution is -2.39. The Morgan fingerprint density at radius 1 is 1.43 bits per heavy atom. The predicted octanol–water partition coefficient (Wildman–Crippen LogP) is 1.16. The van der Waals surface area contributed by atoms with Gasteiger partial charge in [0.1, 0.15) is 0 Å². The summed E-state index contributed by atoms with van der Waals surface area (Å²) in [5, 5.41) is 13.4. The quantitative estimate of drug-likeness (QED) is 0.567. The van der Waals surface area contributed by atoms with Crippen molar-refractivity contribution in [1.82, 2.24) is 10.0 Å². The summed E-state index contributed by atoms with van der Waals surface area (Å²) in [5.41, 5.74) is -0.560. The number of benzene rings is 1. The van der Waals surface area contributed by atoms with Crippen molar-refractivity contribution in [2.45, 2.75) is 24.8 Å². The summed E-state index contributed by atoms with van der Waals surface area (Å²) in [4.78, 5) is 21.0. The van der Waals surface area contributed by atoms with Gasteiger partial charge in [0.2, 0.25) is 15.9 Å². The van der Waals surface area contributed by atoms with Crippen LogP contribution in [-0.2, 0) is 14.8 Å². The van der Waals surface area contributed by atoms with Gasteiger partial charge in [-0.3, -0.25) is 14.9 Å². The van der Waals surface area contributed by atoms with Crippen molar-refractivity contribution in [2.24, 2.45) is 0 Å². The molecule has 0 aliphatic carbocycles. The van der Waals surface area contributed by atoms with Crippen molar-refractivity contribution in [3.05, 3.63) is 32.8 Å². The standard InChI is InChI=1S/C11H14BrN3O5S/c1-7(2)14-11(16)6-13-21(19,20)10-5-8(12)3-4-9(10)15(17)18/h3-5,7,13H,6H2,1-2H3,(H,14,16). The summed E-state index contributed by atoms with van der Waals surface area (Å²) in [6.45, 7) is 2.96. The fourth-order valence-corrected chi connectivity index (χ4v) is 3.15. The van der Waals surface area contributed by atoms with E-state index in [0.717, 1.165) is 12.1 Å². The molecule has 10 heteroatoms. The highest BCUT2D eigenvalue weighted by molar-refractivity contribution is 9.10. The van der Waals surface area contributed by atoms with Crippen molar-refractivity contribution >= 4 is 37.5 Å². The minimum atomic E-state index is -4.17. The normalized spacial score (nSPS) is 11.4. The molecular formula is C11H14BrN3O5S. The van der Waals surface area contributed by atoms with Gasteiger partial charge in [0.05, 0.1) is 11.5 Å². The van der Waals surface area contributed by atoms with Crippen molar-refractivity contribution in [1.29, 1.82) is 0 Å². The average molecular weight is 380 g/mol. The van der Waals surface area contributed by atoms with Gasteiger partial charge < -0.3 is 5.32 Å². The Kier molecular flexibility index (Phi) is 5.81. The molecule has 0 heterocycles. The second kappa shape index (κ2) is 6.96. The Hall–Kier alpha value is -1.52. The fourth-order valence-electron chi connectivity index (χ4n) is 1.47. The fraction of sp³-hybridized carbons (Fsp3) is 0.364. The maximum Gasteiger partial charge on any atom is 0.289 e. The molecule has 8 nitrogen and oxygen atoms in total. The molecule has 1 aromatic carbocycles. The first kappa shape index (κ1) is 17.5. The number of amides is 1. The van der Waals surface area contributed by atoms with E-state index in [1.165, 1.54) is 6.07 Å². The Balaban J connectivity index is 3.00. The first-order valence-electron chi connectivity index (χ1n) is 5.86. The third-order valence-electron chi connectivity index (χ3n) is 2.28. The van der Waals surface area contributed by atoms with Gasteiger partial charge >= 0.3 is 0 Å². The molecule has 0 bridgehead atoms. The number of hydrogen-bond donors (Lipinski definition) is 2. The van der Waals surface area contributed by atoms with E-state index in [1.54, 1.807) is 13.8 Å². The van der Waals surface area contributed by atoms with E-state index in [9.17, 15) is 23.3 Å². The molecule has 0 saturated heterocycles. The molecule has 0 unspecified atom stereocenters. The molecule has 1 rings (SSSR count). The third-order valence-corrected chi connectivity index (χ3v) is 4.20. The van der Waals surface area contributed by atoms with Crippen LogP contribution in [0.25, 0.3) is 0 Å². The summed E-state index contributed by atoms with van der Waals surface area (Å²) in [5.74, 6) is -0.522. The van der Waals surface area contributed by atoms with E-state index in [1.807, 2.05) is 4.72 Å². The van der Waals surface area contributed by atoms with Crippen LogP contribution in [0.2, 0.25) is 0 Å². The minimum Gasteiger partial charge on any atom is -0.353 e. The lowest BCUT2D eigenvalue weighted by atomic mass is 10.3. The number of hydrogen-bond acceptors (Lipinski definition) is 5. The van der Waals surface area contributed by atoms with Crippen LogP contribution in [0.15, 0.2) is 27.6 Å². The van der Waals surface area contributed by atoms with Crippen molar-refractivity contribution in [2.75, 3.05) is 6.54 Å². The molecule has 0 aliphatic rings. The van der Waals surface area contributed by atoms with Gasteiger partial charge in [-0.05, 0) is 26.0 Å². The highest BCUT2D eigenvalue weighted by Crippen LogP contribution is 2.26. The van der Waals surface area contributed by atoms with Gasteiger partial charge in [0, 0.05) is 16.6 Å². The Morgan fingerprint density at radius 2 is 2.05 bits per heavy atom. The number of nitrogens with one attached hydrogen (secondary N) is 2. The monoisotopic (exact) mass is 379 g/mol. The number of carbonyl (C=O) groups is 1. The topological polar surface area (TPSA) is 118 Å². The molecule has 0 saturated carbocycles. The van der Waals surface area contributed by atoms with Crippen molar-refractivity contribution in [3.63, 3.8) is 0 Å². The van der Waals surface area contributed by atoms with Crippen LogP contribution in [0.4, 0.5) is 5.69 Å². The van der Waals surface area contributed by atoms with Gasteiger partial charge in [-0.25, -0.2) is 13.1 Å². The predicted molar refractivity (Wildman–Crippen MR) is 79.3 cm³/mol. The molecule has 2 N–H and O–H groups in total. The maximum atomic E-state index is 12.1. The van der Waals surface area contributed by atoms with Gasteiger partial charge in [-0.1, -0.05) is 15.9 Å². The van der Waals surface area contributed by atoms with Crippen LogP contribution in [-0.4, -0.2) is 31.8 Å². The Labute approximate surface area is 130 Å². The molecule has 116 valence electrons. The van der Waals surface area contributed by atoms with E-state index < -0.39 is 38.0 Å².